The van der Waals surface area contributed by atoms with Gasteiger partial charge in [-0.15, -0.1) is 0 Å². The molecule has 3 heteroatoms. The number of imidazole rings is 1. The van der Waals surface area contributed by atoms with Crippen LogP contribution in [0.2, 0.25) is 0 Å². The molecule has 0 aliphatic rings. The molecule has 1 heterocycles. The number of hydrogen-bond donors (Lipinski definition) is 0. The summed E-state index contributed by atoms with van der Waals surface area (Å²) >= 11 is 0. The quantitative estimate of drug-likeness (QED) is 0.753. The predicted octanol–water partition coefficient (Wildman–Crippen LogP) is 2.33. The molecule has 17 heavy (non-hydrogen) atoms. The van der Waals surface area contributed by atoms with Crippen LogP contribution in [0.25, 0.3) is 0 Å². The zero-order valence-corrected chi connectivity index (χ0v) is 10.2. The number of aryl methyl sites for hydroxylation is 4. The van der Waals surface area contributed by atoms with E-state index >= 15 is 0 Å². The van der Waals surface area contributed by atoms with E-state index in [2.05, 4.69) is 36.2 Å². The minimum Gasteiger partial charge on any atom is -0.331 e. The Morgan fingerprint density at radius 2 is 1.94 bits per heavy atom. The monoisotopic (exact) mass is 228 g/mol. The van der Waals surface area contributed by atoms with Crippen LogP contribution in [-0.2, 0) is 19.9 Å². The van der Waals surface area contributed by atoms with Crippen LogP contribution in [0, 0.1) is 6.92 Å². The molecular formula is C14H16N2O. The summed E-state index contributed by atoms with van der Waals surface area (Å²) in [5.74, 6) is 0. The van der Waals surface area contributed by atoms with Crippen molar-refractivity contribution >= 4 is 6.29 Å². The van der Waals surface area contributed by atoms with Crippen molar-refractivity contribution in [2.24, 2.45) is 7.05 Å². The molecule has 0 radical (unpaired) electrons. The molecule has 88 valence electrons. The smallest absolute Gasteiger partial charge is 0.168 e. The minimum atomic E-state index is 0.678. The van der Waals surface area contributed by atoms with Gasteiger partial charge in [0.25, 0.3) is 0 Å². The first-order valence-corrected chi connectivity index (χ1v) is 5.71. The largest absolute Gasteiger partial charge is 0.331 e. The molecule has 0 amide bonds. The highest BCUT2D eigenvalue weighted by Crippen LogP contribution is 2.10. The van der Waals surface area contributed by atoms with Gasteiger partial charge in [-0.3, -0.25) is 4.79 Å². The Balaban J connectivity index is 2.07. The van der Waals surface area contributed by atoms with Crippen molar-refractivity contribution in [1.29, 1.82) is 0 Å². The molecule has 3 nitrogen and oxygen atoms in total. The second kappa shape index (κ2) is 4.95. The van der Waals surface area contributed by atoms with Gasteiger partial charge in [0.15, 0.2) is 6.29 Å². The fraction of sp³-hybridized carbons (Fsp3) is 0.286. The van der Waals surface area contributed by atoms with Crippen LogP contribution in [0.4, 0.5) is 0 Å². The number of benzene rings is 1. The van der Waals surface area contributed by atoms with Crippen LogP contribution in [0.5, 0.6) is 0 Å². The molecule has 2 rings (SSSR count). The van der Waals surface area contributed by atoms with E-state index in [1.54, 1.807) is 10.9 Å². The number of nitrogens with zero attached hydrogens (tertiary/aromatic N) is 2. The maximum atomic E-state index is 10.9. The lowest BCUT2D eigenvalue weighted by molar-refractivity contribution is 0.111. The molecule has 0 saturated heterocycles. The molecule has 0 bridgehead atoms. The molecule has 0 atom stereocenters. The van der Waals surface area contributed by atoms with Gasteiger partial charge in [-0.25, -0.2) is 4.98 Å². The van der Waals surface area contributed by atoms with Gasteiger partial charge in [-0.05, 0) is 25.3 Å². The molecule has 1 aromatic carbocycles. The lowest BCUT2D eigenvalue weighted by Gasteiger charge is -2.01. The highest BCUT2D eigenvalue weighted by atomic mass is 16.1. The number of hydrogen-bond acceptors (Lipinski definition) is 2. The molecule has 1 aromatic heterocycles. The van der Waals surface area contributed by atoms with Crippen LogP contribution in [0.3, 0.4) is 0 Å². The van der Waals surface area contributed by atoms with E-state index in [1.165, 1.54) is 11.1 Å². The van der Waals surface area contributed by atoms with E-state index in [9.17, 15) is 4.79 Å². The third-order valence-electron chi connectivity index (χ3n) is 2.95. The summed E-state index contributed by atoms with van der Waals surface area (Å²) in [6.07, 6.45) is 4.28. The van der Waals surface area contributed by atoms with Crippen LogP contribution in [0.1, 0.15) is 27.3 Å². The van der Waals surface area contributed by atoms with E-state index < -0.39 is 0 Å². The second-order valence-electron chi connectivity index (χ2n) is 4.29. The van der Waals surface area contributed by atoms with E-state index in [0.717, 1.165) is 24.8 Å². The van der Waals surface area contributed by atoms with Gasteiger partial charge >= 0.3 is 0 Å². The average Bonchev–Trinajstić information content (AvgIpc) is 2.69. The fourth-order valence-electron chi connectivity index (χ4n) is 1.85. The average molecular weight is 228 g/mol. The SMILES string of the molecule is Cc1ccc(CCc2ncn(C)c2C=O)cc1. The second-order valence-corrected chi connectivity index (χ2v) is 4.29. The van der Waals surface area contributed by atoms with Crippen LogP contribution in [0.15, 0.2) is 30.6 Å². The third kappa shape index (κ3) is 2.61. The van der Waals surface area contributed by atoms with Crippen LogP contribution < -0.4 is 0 Å². The van der Waals surface area contributed by atoms with Gasteiger partial charge in [0.05, 0.1) is 12.0 Å². The van der Waals surface area contributed by atoms with Crippen LogP contribution in [-0.4, -0.2) is 15.8 Å². The maximum Gasteiger partial charge on any atom is 0.168 e. The Hall–Kier alpha value is -1.90. The van der Waals surface area contributed by atoms with Gasteiger partial charge in [-0.1, -0.05) is 29.8 Å². The molecule has 2 aromatic rings. The molecule has 0 N–H and O–H groups in total. The number of aromatic nitrogens is 2. The lowest BCUT2D eigenvalue weighted by Crippen LogP contribution is -1.99. The van der Waals surface area contributed by atoms with Gasteiger partial charge in [0.2, 0.25) is 0 Å². The van der Waals surface area contributed by atoms with E-state index in [-0.39, 0.29) is 0 Å². The van der Waals surface area contributed by atoms with Crippen molar-refractivity contribution in [3.05, 3.63) is 53.1 Å². The zero-order valence-electron chi connectivity index (χ0n) is 10.2. The van der Waals surface area contributed by atoms with Crippen molar-refractivity contribution in [2.45, 2.75) is 19.8 Å². The Bertz CT molecular complexity index is 512. The molecule has 0 aliphatic carbocycles. The summed E-state index contributed by atoms with van der Waals surface area (Å²) in [7, 11) is 1.84. The maximum absolute atomic E-state index is 10.9. The molecular weight excluding hydrogens is 212 g/mol. The number of carbonyl (C=O) groups excluding carboxylic acids is 1. The molecule has 0 saturated carbocycles. The first-order valence-electron chi connectivity index (χ1n) is 5.71. The summed E-state index contributed by atoms with van der Waals surface area (Å²) in [5.41, 5.74) is 4.10. The number of aldehydes is 1. The summed E-state index contributed by atoms with van der Waals surface area (Å²) in [5, 5.41) is 0. The van der Waals surface area contributed by atoms with Gasteiger partial charge in [-0.2, -0.15) is 0 Å². The van der Waals surface area contributed by atoms with Crippen LogP contribution >= 0.6 is 0 Å². The first-order chi connectivity index (χ1) is 8.20. The third-order valence-corrected chi connectivity index (χ3v) is 2.95. The Kier molecular flexibility index (Phi) is 3.38. The highest BCUT2D eigenvalue weighted by molar-refractivity contribution is 5.73. The van der Waals surface area contributed by atoms with E-state index in [0.29, 0.717) is 5.69 Å². The van der Waals surface area contributed by atoms with Crippen molar-refractivity contribution < 1.29 is 4.79 Å². The Morgan fingerprint density at radius 3 is 2.59 bits per heavy atom. The summed E-state index contributed by atoms with van der Waals surface area (Å²) in [6, 6.07) is 8.46. The topological polar surface area (TPSA) is 34.9 Å². The predicted molar refractivity (Wildman–Crippen MR) is 67.2 cm³/mol. The van der Waals surface area contributed by atoms with E-state index in [4.69, 9.17) is 0 Å². The van der Waals surface area contributed by atoms with Gasteiger partial charge in [0, 0.05) is 7.05 Å². The summed E-state index contributed by atoms with van der Waals surface area (Å²) in [6.45, 7) is 2.08. The number of carbonyl (C=O) groups is 1. The fourth-order valence-corrected chi connectivity index (χ4v) is 1.85. The van der Waals surface area contributed by atoms with Crippen molar-refractivity contribution in [3.8, 4) is 0 Å². The summed E-state index contributed by atoms with van der Waals surface area (Å²) in [4.78, 5) is 15.2. The van der Waals surface area contributed by atoms with Crippen molar-refractivity contribution in [2.75, 3.05) is 0 Å². The standard InChI is InChI=1S/C14H16N2O/c1-11-3-5-12(6-4-11)7-8-13-14(9-17)16(2)10-15-13/h3-6,9-10H,7-8H2,1-2H3. The summed E-state index contributed by atoms with van der Waals surface area (Å²) < 4.78 is 1.76. The molecule has 0 fully saturated rings. The van der Waals surface area contributed by atoms with Crippen molar-refractivity contribution in [1.82, 2.24) is 9.55 Å². The Morgan fingerprint density at radius 1 is 1.24 bits per heavy atom. The van der Waals surface area contributed by atoms with Gasteiger partial charge < -0.3 is 4.57 Å². The van der Waals surface area contributed by atoms with Gasteiger partial charge in [0.1, 0.15) is 5.69 Å². The normalized spacial score (nSPS) is 10.5. The molecule has 0 unspecified atom stereocenters. The minimum absolute atomic E-state index is 0.678. The molecule has 0 spiro atoms. The molecule has 0 aliphatic heterocycles. The van der Waals surface area contributed by atoms with Crippen molar-refractivity contribution in [3.63, 3.8) is 0 Å². The lowest BCUT2D eigenvalue weighted by atomic mass is 10.1. The first kappa shape index (κ1) is 11.6. The zero-order chi connectivity index (χ0) is 12.3. The number of rotatable bonds is 4. The highest BCUT2D eigenvalue weighted by Gasteiger charge is 2.07. The Labute approximate surface area is 101 Å². The van der Waals surface area contributed by atoms with E-state index in [1.807, 2.05) is 7.05 Å².